The summed E-state index contributed by atoms with van der Waals surface area (Å²) in [4.78, 5) is 14.0. The van der Waals surface area contributed by atoms with E-state index in [1.54, 1.807) is 25.4 Å². The third kappa shape index (κ3) is 6.63. The molecule has 40 heavy (non-hydrogen) atoms. The zero-order valence-corrected chi connectivity index (χ0v) is 23.5. The number of benzene rings is 2. The Morgan fingerprint density at radius 1 is 1.10 bits per heavy atom. The highest BCUT2D eigenvalue weighted by atomic mass is 35.5. The van der Waals surface area contributed by atoms with E-state index in [-0.39, 0.29) is 6.54 Å². The van der Waals surface area contributed by atoms with Gasteiger partial charge in [-0.25, -0.2) is 18.7 Å². The fraction of sp³-hybridized carbons (Fsp3) is 0.393. The Morgan fingerprint density at radius 2 is 1.93 bits per heavy atom. The normalized spacial score (nSPS) is 15.5. The Balaban J connectivity index is 1.48. The van der Waals surface area contributed by atoms with Crippen LogP contribution in [0.5, 0.6) is 5.75 Å². The summed E-state index contributed by atoms with van der Waals surface area (Å²) in [5.74, 6) is 0.0619. The Bertz CT molecular complexity index is 1460. The van der Waals surface area contributed by atoms with Crippen LogP contribution >= 0.6 is 23.2 Å². The lowest BCUT2D eigenvalue weighted by Gasteiger charge is -2.24. The van der Waals surface area contributed by atoms with Crippen molar-refractivity contribution < 1.29 is 18.3 Å². The summed E-state index contributed by atoms with van der Waals surface area (Å²) in [6, 6.07) is 7.23. The molecule has 1 atom stereocenters. The van der Waals surface area contributed by atoms with Crippen molar-refractivity contribution in [1.82, 2.24) is 24.8 Å². The number of halogens is 4. The topological polar surface area (TPSA) is 86.1 Å². The van der Waals surface area contributed by atoms with Gasteiger partial charge in [0, 0.05) is 33.2 Å². The predicted molar refractivity (Wildman–Crippen MR) is 152 cm³/mol. The van der Waals surface area contributed by atoms with Crippen LogP contribution in [0, 0.1) is 17.6 Å². The molecule has 1 fully saturated rings. The van der Waals surface area contributed by atoms with Crippen LogP contribution < -0.4 is 15.4 Å². The van der Waals surface area contributed by atoms with Gasteiger partial charge in [0.1, 0.15) is 17.1 Å². The lowest BCUT2D eigenvalue weighted by Crippen LogP contribution is -2.32. The number of hydrogen-bond donors (Lipinski definition) is 2. The minimum Gasteiger partial charge on any atom is -0.493 e. The number of anilines is 1. The van der Waals surface area contributed by atoms with Gasteiger partial charge in [-0.3, -0.25) is 0 Å². The standard InChI is InChI=1S/C28H30Cl2F2N6O2/c1-39-8-3-9-40-19-11-20(29)25(21(30)12-19)27-36-24-15-35-28(34-14-17-5-6-22(31)23(32)10-17)37-26(24)38(27)16-18-4-2-7-33-13-18/h5-6,10-12,15,18,33H,2-4,7-9,13-14,16H2,1H3,(H,34,35,37)/t18-/m1/s1. The molecular formula is C28H30Cl2F2N6O2. The number of aromatic nitrogens is 4. The molecule has 2 N–H and O–H groups in total. The summed E-state index contributed by atoms with van der Waals surface area (Å²) < 4.78 is 39.9. The summed E-state index contributed by atoms with van der Waals surface area (Å²) in [6.07, 6.45) is 4.52. The maximum atomic E-state index is 13.7. The molecule has 0 saturated carbocycles. The molecule has 0 unspecified atom stereocenters. The van der Waals surface area contributed by atoms with E-state index in [0.29, 0.717) is 75.5 Å². The van der Waals surface area contributed by atoms with E-state index in [0.717, 1.165) is 44.5 Å². The molecule has 1 aliphatic rings. The molecule has 0 radical (unpaired) electrons. The molecule has 5 rings (SSSR count). The zero-order chi connectivity index (χ0) is 28.1. The molecule has 4 aromatic rings. The first-order chi connectivity index (χ1) is 19.4. The van der Waals surface area contributed by atoms with Gasteiger partial charge in [-0.15, -0.1) is 0 Å². The third-order valence-electron chi connectivity index (χ3n) is 6.76. The number of piperidine rings is 1. The first-order valence-corrected chi connectivity index (χ1v) is 13.9. The summed E-state index contributed by atoms with van der Waals surface area (Å²) in [5.41, 5.74) is 2.36. The van der Waals surface area contributed by atoms with Gasteiger partial charge in [-0.05, 0) is 61.7 Å². The number of hydrogen-bond acceptors (Lipinski definition) is 7. The van der Waals surface area contributed by atoms with Crippen LogP contribution in [-0.2, 0) is 17.8 Å². The van der Waals surface area contributed by atoms with Crippen LogP contribution in [0.4, 0.5) is 14.7 Å². The van der Waals surface area contributed by atoms with Crippen molar-refractivity contribution in [2.24, 2.45) is 5.92 Å². The second-order valence-electron chi connectivity index (χ2n) is 9.72. The van der Waals surface area contributed by atoms with Crippen LogP contribution in [0.25, 0.3) is 22.6 Å². The van der Waals surface area contributed by atoms with E-state index in [2.05, 4.69) is 15.6 Å². The van der Waals surface area contributed by atoms with Gasteiger partial charge in [-0.2, -0.15) is 4.98 Å². The lowest BCUT2D eigenvalue weighted by molar-refractivity contribution is 0.172. The highest BCUT2D eigenvalue weighted by molar-refractivity contribution is 6.39. The van der Waals surface area contributed by atoms with Crippen molar-refractivity contribution in [3.63, 3.8) is 0 Å². The van der Waals surface area contributed by atoms with Gasteiger partial charge in [0.15, 0.2) is 17.3 Å². The summed E-state index contributed by atoms with van der Waals surface area (Å²) in [5, 5.41) is 7.38. The minimum atomic E-state index is -0.903. The molecule has 1 saturated heterocycles. The highest BCUT2D eigenvalue weighted by Gasteiger charge is 2.24. The second-order valence-corrected chi connectivity index (χ2v) is 10.5. The van der Waals surface area contributed by atoms with E-state index in [9.17, 15) is 8.78 Å². The van der Waals surface area contributed by atoms with Gasteiger partial charge in [-0.1, -0.05) is 29.3 Å². The number of ether oxygens (including phenoxy) is 2. The first-order valence-electron chi connectivity index (χ1n) is 13.2. The number of imidazole rings is 1. The predicted octanol–water partition coefficient (Wildman–Crippen LogP) is 6.11. The summed E-state index contributed by atoms with van der Waals surface area (Å²) in [6.45, 7) is 3.82. The van der Waals surface area contributed by atoms with E-state index in [4.69, 9.17) is 42.6 Å². The van der Waals surface area contributed by atoms with Gasteiger partial charge < -0.3 is 24.7 Å². The van der Waals surface area contributed by atoms with Crippen LogP contribution in [0.1, 0.15) is 24.8 Å². The molecule has 212 valence electrons. The number of nitrogens with one attached hydrogen (secondary N) is 2. The van der Waals surface area contributed by atoms with Gasteiger partial charge in [0.05, 0.1) is 28.4 Å². The van der Waals surface area contributed by atoms with Crippen molar-refractivity contribution in [3.05, 3.63) is 63.8 Å². The Labute approximate surface area is 241 Å². The lowest BCUT2D eigenvalue weighted by atomic mass is 9.99. The van der Waals surface area contributed by atoms with Crippen molar-refractivity contribution in [1.29, 1.82) is 0 Å². The van der Waals surface area contributed by atoms with Crippen LogP contribution in [0.3, 0.4) is 0 Å². The Kier molecular flexibility index (Phi) is 9.31. The van der Waals surface area contributed by atoms with Crippen molar-refractivity contribution in [2.75, 3.05) is 38.7 Å². The molecule has 2 aromatic carbocycles. The van der Waals surface area contributed by atoms with Gasteiger partial charge in [0.25, 0.3) is 0 Å². The van der Waals surface area contributed by atoms with E-state index in [1.165, 1.54) is 6.07 Å². The molecule has 12 heteroatoms. The second kappa shape index (κ2) is 13.1. The molecule has 0 bridgehead atoms. The number of rotatable bonds is 11. The van der Waals surface area contributed by atoms with Crippen LogP contribution in [-0.4, -0.2) is 52.9 Å². The SMILES string of the molecule is COCCCOc1cc(Cl)c(-c2nc3cnc(NCc4ccc(F)c(F)c4)nc3n2C[C@@H]2CCCNC2)c(Cl)c1. The molecule has 2 aromatic heterocycles. The fourth-order valence-corrected chi connectivity index (χ4v) is 5.41. The van der Waals surface area contributed by atoms with Crippen molar-refractivity contribution >= 4 is 40.3 Å². The van der Waals surface area contributed by atoms with Gasteiger partial charge >= 0.3 is 0 Å². The number of fused-ring (bicyclic) bond motifs is 1. The zero-order valence-electron chi connectivity index (χ0n) is 22.0. The molecular weight excluding hydrogens is 561 g/mol. The highest BCUT2D eigenvalue weighted by Crippen LogP contribution is 2.39. The minimum absolute atomic E-state index is 0.222. The molecule has 0 aliphatic carbocycles. The maximum absolute atomic E-state index is 13.7. The Morgan fingerprint density at radius 3 is 2.65 bits per heavy atom. The van der Waals surface area contributed by atoms with Crippen LogP contribution in [0.15, 0.2) is 36.5 Å². The molecule has 0 amide bonds. The van der Waals surface area contributed by atoms with E-state index >= 15 is 0 Å². The Hall–Kier alpha value is -3.05. The van der Waals surface area contributed by atoms with Crippen molar-refractivity contribution in [3.8, 4) is 17.1 Å². The quantitative estimate of drug-likeness (QED) is 0.204. The van der Waals surface area contributed by atoms with Crippen LogP contribution in [0.2, 0.25) is 10.0 Å². The average Bonchev–Trinajstić information content (AvgIpc) is 3.29. The van der Waals surface area contributed by atoms with Gasteiger partial charge in [0.2, 0.25) is 5.95 Å². The first kappa shape index (κ1) is 28.5. The van der Waals surface area contributed by atoms with Crippen molar-refractivity contribution in [2.45, 2.75) is 32.4 Å². The largest absolute Gasteiger partial charge is 0.493 e. The summed E-state index contributed by atoms with van der Waals surface area (Å²) >= 11 is 13.5. The average molecular weight is 591 g/mol. The molecule has 3 heterocycles. The number of nitrogens with zero attached hydrogens (tertiary/aromatic N) is 4. The fourth-order valence-electron chi connectivity index (χ4n) is 4.78. The summed E-state index contributed by atoms with van der Waals surface area (Å²) in [7, 11) is 1.65. The van der Waals surface area contributed by atoms with E-state index < -0.39 is 11.6 Å². The monoisotopic (exact) mass is 590 g/mol. The molecule has 1 aliphatic heterocycles. The molecule has 0 spiro atoms. The van der Waals surface area contributed by atoms with E-state index in [1.807, 2.05) is 4.57 Å². The molecule has 8 nitrogen and oxygen atoms in total. The number of methoxy groups -OCH3 is 1. The third-order valence-corrected chi connectivity index (χ3v) is 7.36. The smallest absolute Gasteiger partial charge is 0.225 e. The maximum Gasteiger partial charge on any atom is 0.225 e.